The van der Waals surface area contributed by atoms with E-state index in [9.17, 15) is 13.6 Å². The molecule has 126 valence electrons. The molecule has 0 aromatic heterocycles. The highest BCUT2D eigenvalue weighted by atomic mass is 19.1. The monoisotopic (exact) mass is 324 g/mol. The maximum Gasteiger partial charge on any atom is 0.249 e. The Balaban J connectivity index is 1.56. The molecule has 1 aromatic rings. The molecule has 1 amide bonds. The molecule has 2 heterocycles. The lowest BCUT2D eigenvalue weighted by atomic mass is 10.0. The van der Waals surface area contributed by atoms with Gasteiger partial charge in [0.1, 0.15) is 17.7 Å². The lowest BCUT2D eigenvalue weighted by molar-refractivity contribution is -0.131. The Morgan fingerprint density at radius 1 is 1.26 bits per heavy atom. The summed E-state index contributed by atoms with van der Waals surface area (Å²) in [5.74, 6) is -1.10. The second-order valence-electron chi connectivity index (χ2n) is 6.28. The van der Waals surface area contributed by atoms with E-state index in [2.05, 4.69) is 5.32 Å². The molecule has 2 saturated heterocycles. The highest BCUT2D eigenvalue weighted by Gasteiger charge is 2.28. The topological polar surface area (TPSA) is 41.6 Å². The molecule has 2 fully saturated rings. The zero-order valence-electron chi connectivity index (χ0n) is 13.1. The molecule has 2 atom stereocenters. The summed E-state index contributed by atoms with van der Waals surface area (Å²) in [6.07, 6.45) is 3.13. The molecular weight excluding hydrogens is 302 g/mol. The molecule has 0 bridgehead atoms. The first-order valence-corrected chi connectivity index (χ1v) is 8.20. The van der Waals surface area contributed by atoms with Gasteiger partial charge in [0.05, 0.1) is 0 Å². The van der Waals surface area contributed by atoms with Crippen LogP contribution in [-0.4, -0.2) is 42.6 Å². The first-order chi connectivity index (χ1) is 11.1. The van der Waals surface area contributed by atoms with Crippen LogP contribution in [0.2, 0.25) is 0 Å². The number of ether oxygens (including phenoxy) is 1. The number of piperidine rings is 1. The molecule has 0 unspecified atom stereocenters. The van der Waals surface area contributed by atoms with Crippen LogP contribution in [0.15, 0.2) is 18.2 Å². The second kappa shape index (κ2) is 7.36. The van der Waals surface area contributed by atoms with Crippen molar-refractivity contribution in [1.29, 1.82) is 0 Å². The highest BCUT2D eigenvalue weighted by Crippen LogP contribution is 2.19. The minimum absolute atomic E-state index is 0.00952. The second-order valence-corrected chi connectivity index (χ2v) is 6.28. The standard InChI is InChI=1S/C17H22F2N2O2/c18-14-5-1-6-15(19)13(14)11-21-8-2-4-12(10-21)20-17(22)16-7-3-9-23-16/h1,5-6,12,16H,2-4,7-11H2,(H,20,22)/t12-,16-/m1/s1. The first-order valence-electron chi connectivity index (χ1n) is 8.20. The number of benzene rings is 1. The van der Waals surface area contributed by atoms with E-state index in [-0.39, 0.29) is 30.2 Å². The molecule has 2 aliphatic heterocycles. The Kier molecular flexibility index (Phi) is 5.23. The highest BCUT2D eigenvalue weighted by molar-refractivity contribution is 5.81. The number of hydrogen-bond donors (Lipinski definition) is 1. The number of nitrogens with one attached hydrogen (secondary N) is 1. The van der Waals surface area contributed by atoms with Crippen molar-refractivity contribution in [1.82, 2.24) is 10.2 Å². The van der Waals surface area contributed by atoms with E-state index >= 15 is 0 Å². The van der Waals surface area contributed by atoms with Crippen LogP contribution >= 0.6 is 0 Å². The molecule has 3 rings (SSSR count). The van der Waals surface area contributed by atoms with Gasteiger partial charge in [-0.2, -0.15) is 0 Å². The number of hydrogen-bond acceptors (Lipinski definition) is 3. The fourth-order valence-electron chi connectivity index (χ4n) is 3.30. The van der Waals surface area contributed by atoms with Gasteiger partial charge in [0.25, 0.3) is 0 Å². The van der Waals surface area contributed by atoms with E-state index in [0.29, 0.717) is 13.2 Å². The Morgan fingerprint density at radius 2 is 2.04 bits per heavy atom. The van der Waals surface area contributed by atoms with E-state index in [4.69, 9.17) is 4.74 Å². The number of carbonyl (C=O) groups is 1. The largest absolute Gasteiger partial charge is 0.368 e. The SMILES string of the molecule is O=C(N[C@@H]1CCCN(Cc2c(F)cccc2F)C1)[C@H]1CCCO1. The Hall–Kier alpha value is -1.53. The fourth-order valence-corrected chi connectivity index (χ4v) is 3.30. The third-order valence-corrected chi connectivity index (χ3v) is 4.52. The van der Waals surface area contributed by atoms with E-state index in [1.807, 2.05) is 4.90 Å². The summed E-state index contributed by atoms with van der Waals surface area (Å²) < 4.78 is 32.9. The number of carbonyl (C=O) groups excluding carboxylic acids is 1. The van der Waals surface area contributed by atoms with Gasteiger partial charge in [0.2, 0.25) is 5.91 Å². The normalized spacial score (nSPS) is 25.5. The summed E-state index contributed by atoms with van der Waals surface area (Å²) in [5, 5.41) is 3.01. The summed E-state index contributed by atoms with van der Waals surface area (Å²) in [4.78, 5) is 14.1. The van der Waals surface area contributed by atoms with Gasteiger partial charge in [-0.1, -0.05) is 6.07 Å². The summed E-state index contributed by atoms with van der Waals surface area (Å²) in [6, 6.07) is 3.93. The maximum atomic E-state index is 13.8. The zero-order chi connectivity index (χ0) is 16.2. The Morgan fingerprint density at radius 3 is 2.74 bits per heavy atom. The van der Waals surface area contributed by atoms with Crippen molar-refractivity contribution in [2.45, 2.75) is 44.4 Å². The lowest BCUT2D eigenvalue weighted by Crippen LogP contribution is -2.49. The fraction of sp³-hybridized carbons (Fsp3) is 0.588. The van der Waals surface area contributed by atoms with Crippen molar-refractivity contribution in [2.75, 3.05) is 19.7 Å². The van der Waals surface area contributed by atoms with Crippen molar-refractivity contribution in [3.8, 4) is 0 Å². The summed E-state index contributed by atoms with van der Waals surface area (Å²) in [6.45, 7) is 2.25. The number of likely N-dealkylation sites (tertiary alicyclic amines) is 1. The average Bonchev–Trinajstić information content (AvgIpc) is 3.06. The van der Waals surface area contributed by atoms with Gasteiger partial charge in [0, 0.05) is 31.3 Å². The molecule has 0 saturated carbocycles. The predicted octanol–water partition coefficient (Wildman–Crippen LogP) is 2.22. The van der Waals surface area contributed by atoms with Crippen LogP contribution in [0.5, 0.6) is 0 Å². The number of amides is 1. The first kappa shape index (κ1) is 16.3. The third kappa shape index (κ3) is 4.06. The van der Waals surface area contributed by atoms with Crippen molar-refractivity contribution in [2.24, 2.45) is 0 Å². The minimum Gasteiger partial charge on any atom is -0.368 e. The Bertz CT molecular complexity index is 541. The van der Waals surface area contributed by atoms with Crippen LogP contribution in [0.25, 0.3) is 0 Å². The van der Waals surface area contributed by atoms with Crippen molar-refractivity contribution in [3.05, 3.63) is 35.4 Å². The molecule has 2 aliphatic rings. The van der Waals surface area contributed by atoms with Gasteiger partial charge < -0.3 is 10.1 Å². The van der Waals surface area contributed by atoms with E-state index in [1.165, 1.54) is 18.2 Å². The average molecular weight is 324 g/mol. The summed E-state index contributed by atoms with van der Waals surface area (Å²) in [7, 11) is 0. The molecule has 0 spiro atoms. The molecule has 6 heteroatoms. The molecule has 0 aliphatic carbocycles. The lowest BCUT2D eigenvalue weighted by Gasteiger charge is -2.33. The van der Waals surface area contributed by atoms with Crippen molar-refractivity contribution in [3.63, 3.8) is 0 Å². The van der Waals surface area contributed by atoms with Gasteiger partial charge in [-0.25, -0.2) is 8.78 Å². The van der Waals surface area contributed by atoms with Crippen molar-refractivity contribution >= 4 is 5.91 Å². The zero-order valence-corrected chi connectivity index (χ0v) is 13.1. The molecule has 0 radical (unpaired) electrons. The summed E-state index contributed by atoms with van der Waals surface area (Å²) in [5.41, 5.74) is 0.0959. The van der Waals surface area contributed by atoms with Crippen LogP contribution in [0.3, 0.4) is 0 Å². The molecular formula is C17H22F2N2O2. The van der Waals surface area contributed by atoms with Gasteiger partial charge in [-0.3, -0.25) is 9.69 Å². The smallest absolute Gasteiger partial charge is 0.249 e. The van der Waals surface area contributed by atoms with Crippen LogP contribution < -0.4 is 5.32 Å². The van der Waals surface area contributed by atoms with Crippen LogP contribution in [-0.2, 0) is 16.1 Å². The van der Waals surface area contributed by atoms with Crippen molar-refractivity contribution < 1.29 is 18.3 Å². The number of halogens is 2. The third-order valence-electron chi connectivity index (χ3n) is 4.52. The van der Waals surface area contributed by atoms with Gasteiger partial charge in [-0.05, 0) is 44.4 Å². The van der Waals surface area contributed by atoms with Gasteiger partial charge >= 0.3 is 0 Å². The van der Waals surface area contributed by atoms with Gasteiger partial charge in [0.15, 0.2) is 0 Å². The molecule has 1 N–H and O–H groups in total. The van der Waals surface area contributed by atoms with Crippen LogP contribution in [0, 0.1) is 11.6 Å². The minimum atomic E-state index is -0.518. The molecule has 23 heavy (non-hydrogen) atoms. The quantitative estimate of drug-likeness (QED) is 0.923. The molecule has 1 aromatic carbocycles. The molecule has 4 nitrogen and oxygen atoms in total. The van der Waals surface area contributed by atoms with E-state index in [1.54, 1.807) is 0 Å². The van der Waals surface area contributed by atoms with E-state index in [0.717, 1.165) is 32.2 Å². The summed E-state index contributed by atoms with van der Waals surface area (Å²) >= 11 is 0. The maximum absolute atomic E-state index is 13.8. The van der Waals surface area contributed by atoms with Crippen LogP contribution in [0.4, 0.5) is 8.78 Å². The number of rotatable bonds is 4. The van der Waals surface area contributed by atoms with Gasteiger partial charge in [-0.15, -0.1) is 0 Å². The van der Waals surface area contributed by atoms with E-state index < -0.39 is 11.6 Å². The van der Waals surface area contributed by atoms with Crippen LogP contribution in [0.1, 0.15) is 31.2 Å². The number of nitrogens with zero attached hydrogens (tertiary/aromatic N) is 1. The predicted molar refractivity (Wildman–Crippen MR) is 81.8 cm³/mol. The Labute approximate surface area is 134 Å².